The van der Waals surface area contributed by atoms with Gasteiger partial charge in [0.2, 0.25) is 5.91 Å². The number of nitrogens with one attached hydrogen (secondary N) is 1. The van der Waals surface area contributed by atoms with E-state index in [-0.39, 0.29) is 11.8 Å². The summed E-state index contributed by atoms with van der Waals surface area (Å²) in [5, 5.41) is 2.72. The molecule has 0 aliphatic carbocycles. The van der Waals surface area contributed by atoms with Crippen LogP contribution >= 0.6 is 0 Å². The molecule has 2 aliphatic rings. The van der Waals surface area contributed by atoms with Crippen LogP contribution in [0.2, 0.25) is 0 Å². The Hall–Kier alpha value is -2.93. The maximum Gasteiger partial charge on any atom is 0.254 e. The molecule has 0 bridgehead atoms. The number of aromatic nitrogens is 2. The van der Waals surface area contributed by atoms with Crippen LogP contribution in [0.1, 0.15) is 34.6 Å². The second-order valence-corrected chi connectivity index (χ2v) is 7.28. The van der Waals surface area contributed by atoms with Gasteiger partial charge in [0.15, 0.2) is 0 Å². The highest BCUT2D eigenvalue weighted by molar-refractivity contribution is 6.01. The van der Waals surface area contributed by atoms with Crippen LogP contribution in [-0.2, 0) is 28.5 Å². The Balaban J connectivity index is 1.70. The van der Waals surface area contributed by atoms with Crippen LogP contribution in [0.25, 0.3) is 0 Å². The number of imidazole rings is 1. The SMILES string of the molecule is C=CC(=O)Nc1cccc(C(=O)N2CCc3c(ncn3C)C23CCOCC3)c1. The highest BCUT2D eigenvalue weighted by Gasteiger charge is 2.48. The van der Waals surface area contributed by atoms with Crippen LogP contribution in [0, 0.1) is 0 Å². The predicted octanol–water partition coefficient (Wildman–Crippen LogP) is 2.25. The summed E-state index contributed by atoms with van der Waals surface area (Å²) in [5.41, 5.74) is 2.87. The van der Waals surface area contributed by atoms with Gasteiger partial charge in [-0.25, -0.2) is 4.98 Å². The highest BCUT2D eigenvalue weighted by atomic mass is 16.5. The summed E-state index contributed by atoms with van der Waals surface area (Å²) >= 11 is 0. The lowest BCUT2D eigenvalue weighted by Crippen LogP contribution is -2.56. The van der Waals surface area contributed by atoms with Gasteiger partial charge >= 0.3 is 0 Å². The number of hydrogen-bond acceptors (Lipinski definition) is 4. The van der Waals surface area contributed by atoms with Crippen LogP contribution in [0.4, 0.5) is 5.69 Å². The number of benzene rings is 1. The highest BCUT2D eigenvalue weighted by Crippen LogP contribution is 2.43. The van der Waals surface area contributed by atoms with Gasteiger partial charge in [-0.3, -0.25) is 9.59 Å². The van der Waals surface area contributed by atoms with Crippen molar-refractivity contribution in [3.05, 3.63) is 60.2 Å². The first-order valence-corrected chi connectivity index (χ1v) is 9.49. The molecule has 1 saturated heterocycles. The van der Waals surface area contributed by atoms with Crippen molar-refractivity contribution in [2.45, 2.75) is 24.8 Å². The molecule has 7 heteroatoms. The lowest BCUT2D eigenvalue weighted by molar-refractivity contribution is -0.111. The second kappa shape index (κ2) is 7.24. The van der Waals surface area contributed by atoms with Crippen molar-refractivity contribution < 1.29 is 14.3 Å². The normalized spacial score (nSPS) is 17.8. The molecule has 28 heavy (non-hydrogen) atoms. The van der Waals surface area contributed by atoms with Crippen molar-refractivity contribution in [1.29, 1.82) is 0 Å². The fraction of sp³-hybridized carbons (Fsp3) is 0.381. The van der Waals surface area contributed by atoms with Crippen molar-refractivity contribution in [3.8, 4) is 0 Å². The van der Waals surface area contributed by atoms with Gasteiger partial charge in [-0.05, 0) is 37.1 Å². The van der Waals surface area contributed by atoms with E-state index in [9.17, 15) is 9.59 Å². The number of carbonyl (C=O) groups is 2. The average molecular weight is 380 g/mol. The van der Waals surface area contributed by atoms with Crippen LogP contribution in [0.3, 0.4) is 0 Å². The molecule has 0 unspecified atom stereocenters. The fourth-order valence-electron chi connectivity index (χ4n) is 4.29. The van der Waals surface area contributed by atoms with Gasteiger partial charge in [0.05, 0.1) is 17.6 Å². The first kappa shape index (κ1) is 18.4. The second-order valence-electron chi connectivity index (χ2n) is 7.28. The van der Waals surface area contributed by atoms with Gasteiger partial charge in [-0.2, -0.15) is 0 Å². The van der Waals surface area contributed by atoms with E-state index < -0.39 is 5.54 Å². The van der Waals surface area contributed by atoms with Crippen LogP contribution in [0.15, 0.2) is 43.2 Å². The molecule has 0 radical (unpaired) electrons. The molecular weight excluding hydrogens is 356 g/mol. The molecule has 2 aliphatic heterocycles. The van der Waals surface area contributed by atoms with Gasteiger partial charge < -0.3 is 19.5 Å². The third-order valence-electron chi connectivity index (χ3n) is 5.72. The van der Waals surface area contributed by atoms with Gasteiger partial charge in [0, 0.05) is 50.2 Å². The lowest BCUT2D eigenvalue weighted by Gasteiger charge is -2.48. The Morgan fingerprint density at radius 3 is 2.86 bits per heavy atom. The molecule has 2 amide bonds. The zero-order chi connectivity index (χ0) is 19.7. The molecule has 1 fully saturated rings. The third-order valence-corrected chi connectivity index (χ3v) is 5.72. The minimum absolute atomic E-state index is 0.0482. The van der Waals surface area contributed by atoms with E-state index in [0.29, 0.717) is 31.0 Å². The van der Waals surface area contributed by atoms with Crippen LogP contribution in [0.5, 0.6) is 0 Å². The molecule has 1 aromatic carbocycles. The Labute approximate surface area is 164 Å². The number of ether oxygens (including phenoxy) is 1. The van der Waals surface area contributed by atoms with Gasteiger partial charge in [0.25, 0.3) is 5.91 Å². The van der Waals surface area contributed by atoms with Crippen molar-refractivity contribution >= 4 is 17.5 Å². The zero-order valence-electron chi connectivity index (χ0n) is 16.0. The van der Waals surface area contributed by atoms with Gasteiger partial charge in [0.1, 0.15) is 0 Å². The molecule has 0 atom stereocenters. The Morgan fingerprint density at radius 2 is 2.11 bits per heavy atom. The van der Waals surface area contributed by atoms with E-state index in [1.807, 2.05) is 18.3 Å². The summed E-state index contributed by atoms with van der Waals surface area (Å²) in [6, 6.07) is 7.03. The smallest absolute Gasteiger partial charge is 0.254 e. The summed E-state index contributed by atoms with van der Waals surface area (Å²) in [5.74, 6) is -0.352. The molecule has 146 valence electrons. The molecule has 3 heterocycles. The lowest BCUT2D eigenvalue weighted by atomic mass is 9.80. The van der Waals surface area contributed by atoms with E-state index in [1.54, 1.807) is 24.3 Å². The van der Waals surface area contributed by atoms with Crippen molar-refractivity contribution in [1.82, 2.24) is 14.5 Å². The molecule has 0 saturated carbocycles. The number of amides is 2. The van der Waals surface area contributed by atoms with Gasteiger partial charge in [-0.15, -0.1) is 0 Å². The number of hydrogen-bond donors (Lipinski definition) is 1. The first-order chi connectivity index (χ1) is 13.5. The number of carbonyl (C=O) groups excluding carboxylic acids is 2. The van der Waals surface area contributed by atoms with E-state index in [1.165, 1.54) is 11.8 Å². The van der Waals surface area contributed by atoms with Crippen LogP contribution < -0.4 is 5.32 Å². The monoisotopic (exact) mass is 380 g/mol. The summed E-state index contributed by atoms with van der Waals surface area (Å²) in [6.45, 7) is 5.31. The maximum absolute atomic E-state index is 13.5. The van der Waals surface area contributed by atoms with E-state index in [4.69, 9.17) is 4.74 Å². The summed E-state index contributed by atoms with van der Waals surface area (Å²) in [4.78, 5) is 31.7. The standard InChI is InChI=1S/C21H24N4O3/c1-3-18(26)23-16-6-4-5-15(13-16)20(27)25-10-7-17-19(22-14-24(17)2)21(25)8-11-28-12-9-21/h3-6,13-14H,1,7-12H2,2H3,(H,23,26). The minimum Gasteiger partial charge on any atom is -0.381 e. The number of nitrogens with zero attached hydrogens (tertiary/aromatic N) is 3. The van der Waals surface area contributed by atoms with Crippen LogP contribution in [-0.4, -0.2) is 46.0 Å². The van der Waals surface area contributed by atoms with Gasteiger partial charge in [-0.1, -0.05) is 12.6 Å². The molecule has 1 aromatic heterocycles. The number of aryl methyl sites for hydroxylation is 1. The average Bonchev–Trinajstić information content (AvgIpc) is 3.11. The number of rotatable bonds is 3. The summed E-state index contributed by atoms with van der Waals surface area (Å²) < 4.78 is 7.65. The van der Waals surface area contributed by atoms with E-state index in [0.717, 1.165) is 25.0 Å². The molecular formula is C21H24N4O3. The maximum atomic E-state index is 13.5. The Kier molecular flexibility index (Phi) is 4.77. The van der Waals surface area contributed by atoms with Crippen molar-refractivity contribution in [2.75, 3.05) is 25.1 Å². The summed E-state index contributed by atoms with van der Waals surface area (Å²) in [6.07, 6.45) is 5.28. The van der Waals surface area contributed by atoms with E-state index in [2.05, 4.69) is 21.4 Å². The molecule has 4 rings (SSSR count). The molecule has 7 nitrogen and oxygen atoms in total. The number of anilines is 1. The van der Waals surface area contributed by atoms with E-state index >= 15 is 0 Å². The van der Waals surface area contributed by atoms with Crippen molar-refractivity contribution in [3.63, 3.8) is 0 Å². The largest absolute Gasteiger partial charge is 0.381 e. The molecule has 1 spiro atoms. The van der Waals surface area contributed by atoms with Crippen molar-refractivity contribution in [2.24, 2.45) is 7.05 Å². The first-order valence-electron chi connectivity index (χ1n) is 9.49. The zero-order valence-corrected chi connectivity index (χ0v) is 16.0. The topological polar surface area (TPSA) is 76.5 Å². The summed E-state index contributed by atoms with van der Waals surface area (Å²) in [7, 11) is 2.00. The Morgan fingerprint density at radius 1 is 1.32 bits per heavy atom. The number of fused-ring (bicyclic) bond motifs is 2. The predicted molar refractivity (Wildman–Crippen MR) is 105 cm³/mol. The minimum atomic E-state index is -0.440. The Bertz CT molecular complexity index is 927. The molecule has 1 N–H and O–H groups in total. The molecule has 2 aromatic rings. The quantitative estimate of drug-likeness (QED) is 0.829. The third kappa shape index (κ3) is 3.01. The fourth-order valence-corrected chi connectivity index (χ4v) is 4.29.